The second-order valence-electron chi connectivity index (χ2n) is 27.2. The van der Waals surface area contributed by atoms with E-state index in [2.05, 4.69) is 112 Å². The van der Waals surface area contributed by atoms with Gasteiger partial charge in [-0.1, -0.05) is 173 Å². The van der Waals surface area contributed by atoms with Gasteiger partial charge in [0, 0.05) is 54.9 Å². The SMILES string of the molecule is Cc1ccc(C(=O)N(CCCN)[C@@H](c2nc3ccccc3n2Cc2cccnc2)C(C)C)cc1.Cc1ccc(C(=O)N(CCCN)[C@@H](c2nc3cccnc3n2Cc2ccccc2)C(C)C)cc1.Cc1ccc(C(=O)N(CCCN)[C@@H](c2nc3cncnc3n2Cc2ccccc2)C(C)C)cc1. The van der Waals surface area contributed by atoms with Crippen molar-refractivity contribution >= 4 is 51.1 Å². The monoisotopic (exact) mass is 1370 g/mol. The number of nitrogens with zero attached hydrogens (tertiary/aromatic N) is 13. The molecule has 12 aromatic rings. The van der Waals surface area contributed by atoms with Gasteiger partial charge in [-0.2, -0.15) is 0 Å². The lowest BCUT2D eigenvalue weighted by Crippen LogP contribution is -2.40. The van der Waals surface area contributed by atoms with E-state index in [1.807, 2.05) is 187 Å². The Morgan fingerprint density at radius 2 is 0.755 bits per heavy atom. The van der Waals surface area contributed by atoms with Gasteiger partial charge in [-0.15, -0.1) is 0 Å². The van der Waals surface area contributed by atoms with Crippen LogP contribution in [-0.4, -0.2) is 120 Å². The van der Waals surface area contributed by atoms with Crippen molar-refractivity contribution in [3.8, 4) is 0 Å². The molecule has 3 amide bonds. The van der Waals surface area contributed by atoms with E-state index in [0.717, 1.165) is 97.1 Å². The van der Waals surface area contributed by atoms with E-state index in [1.54, 1.807) is 24.9 Å². The molecule has 0 saturated heterocycles. The van der Waals surface area contributed by atoms with Crippen LogP contribution in [0.25, 0.3) is 33.4 Å². The highest BCUT2D eigenvalue weighted by Crippen LogP contribution is 2.37. The lowest BCUT2D eigenvalue weighted by atomic mass is 9.99. The predicted octanol–water partition coefficient (Wildman–Crippen LogP) is 14.3. The van der Waals surface area contributed by atoms with Gasteiger partial charge in [-0.25, -0.2) is 29.9 Å². The Kier molecular flexibility index (Phi) is 25.9. The fourth-order valence-corrected chi connectivity index (χ4v) is 13.2. The lowest BCUT2D eigenvalue weighted by molar-refractivity contribution is 0.0599. The third kappa shape index (κ3) is 18.1. The highest BCUT2D eigenvalue weighted by Gasteiger charge is 2.36. The minimum Gasteiger partial charge on any atom is -0.330 e. The summed E-state index contributed by atoms with van der Waals surface area (Å²) in [6, 6.07) is 59.2. The number of benzene rings is 6. The van der Waals surface area contributed by atoms with E-state index in [4.69, 9.17) is 32.2 Å². The van der Waals surface area contributed by atoms with Crippen molar-refractivity contribution in [1.82, 2.24) is 63.3 Å². The molecule has 0 radical (unpaired) electrons. The number of carbonyl (C=O) groups is 3. The fraction of sp³-hybridized carbons (Fsp3) is 0.325. The van der Waals surface area contributed by atoms with E-state index < -0.39 is 0 Å². The number of para-hydroxylation sites is 2. The minimum atomic E-state index is -0.252. The van der Waals surface area contributed by atoms with Gasteiger partial charge in [-0.3, -0.25) is 19.4 Å². The number of hydrogen-bond acceptors (Lipinski definition) is 13. The number of nitrogens with two attached hydrogens (primary N) is 3. The molecule has 0 unspecified atom stereocenters. The maximum atomic E-state index is 13.8. The molecule has 102 heavy (non-hydrogen) atoms. The van der Waals surface area contributed by atoms with Gasteiger partial charge in [-0.05, 0) is 161 Å². The Labute approximate surface area is 599 Å². The van der Waals surface area contributed by atoms with Crippen molar-refractivity contribution in [2.24, 2.45) is 35.0 Å². The first-order chi connectivity index (χ1) is 49.5. The first-order valence-electron chi connectivity index (χ1n) is 35.6. The molecule has 3 atom stereocenters. The van der Waals surface area contributed by atoms with Gasteiger partial charge in [0.1, 0.15) is 34.8 Å². The van der Waals surface area contributed by atoms with Gasteiger partial charge in [0.05, 0.1) is 55.0 Å². The Morgan fingerprint density at radius 3 is 1.19 bits per heavy atom. The second-order valence-corrected chi connectivity index (χ2v) is 27.2. The molecule has 0 aliphatic heterocycles. The van der Waals surface area contributed by atoms with Crippen LogP contribution in [0.2, 0.25) is 0 Å². The fourth-order valence-electron chi connectivity index (χ4n) is 13.2. The summed E-state index contributed by atoms with van der Waals surface area (Å²) in [4.78, 5) is 79.9. The zero-order valence-corrected chi connectivity index (χ0v) is 60.4. The van der Waals surface area contributed by atoms with E-state index in [9.17, 15) is 14.4 Å². The second kappa shape index (κ2) is 35.6. The number of imidazole rings is 3. The largest absolute Gasteiger partial charge is 0.330 e. The van der Waals surface area contributed by atoms with Crippen molar-refractivity contribution in [2.45, 2.75) is 119 Å². The molecule has 0 aliphatic rings. The molecule has 12 rings (SSSR count). The molecule has 0 aliphatic carbocycles. The summed E-state index contributed by atoms with van der Waals surface area (Å²) in [5.74, 6) is 2.94. The maximum Gasteiger partial charge on any atom is 0.254 e. The summed E-state index contributed by atoms with van der Waals surface area (Å²) < 4.78 is 6.51. The Morgan fingerprint density at radius 1 is 0.382 bits per heavy atom. The van der Waals surface area contributed by atoms with E-state index >= 15 is 0 Å². The zero-order valence-electron chi connectivity index (χ0n) is 60.4. The third-order valence-electron chi connectivity index (χ3n) is 18.3. The molecule has 528 valence electrons. The summed E-state index contributed by atoms with van der Waals surface area (Å²) in [7, 11) is 0. The quantitative estimate of drug-likeness (QED) is 0.0434. The van der Waals surface area contributed by atoms with Crippen molar-refractivity contribution in [1.29, 1.82) is 0 Å². The van der Waals surface area contributed by atoms with Crippen LogP contribution in [0.3, 0.4) is 0 Å². The van der Waals surface area contributed by atoms with Gasteiger partial charge in [0.2, 0.25) is 0 Å². The third-order valence-corrected chi connectivity index (χ3v) is 18.3. The van der Waals surface area contributed by atoms with Crippen LogP contribution in [0.15, 0.2) is 213 Å². The highest BCUT2D eigenvalue weighted by molar-refractivity contribution is 5.96. The Balaban J connectivity index is 0.000000165. The normalized spacial score (nSPS) is 12.3. The number of aromatic nitrogens is 10. The van der Waals surface area contributed by atoms with Gasteiger partial charge < -0.3 is 45.6 Å². The molecule has 0 saturated carbocycles. The first kappa shape index (κ1) is 74.1. The van der Waals surface area contributed by atoms with Crippen LogP contribution in [0.1, 0.15) is 161 Å². The molecule has 0 bridgehead atoms. The van der Waals surface area contributed by atoms with Crippen molar-refractivity contribution in [3.63, 3.8) is 0 Å². The molecule has 0 spiro atoms. The predicted molar refractivity (Wildman–Crippen MR) is 407 cm³/mol. The number of pyridine rings is 2. The van der Waals surface area contributed by atoms with Crippen LogP contribution >= 0.6 is 0 Å². The number of hydrogen-bond donors (Lipinski definition) is 3. The first-order valence-corrected chi connectivity index (χ1v) is 35.6. The number of fused-ring (bicyclic) bond motifs is 3. The topological polar surface area (TPSA) is 244 Å². The molecule has 19 nitrogen and oxygen atoms in total. The van der Waals surface area contributed by atoms with Crippen molar-refractivity contribution in [2.75, 3.05) is 39.3 Å². The lowest BCUT2D eigenvalue weighted by Gasteiger charge is -2.34. The van der Waals surface area contributed by atoms with Crippen molar-refractivity contribution in [3.05, 3.63) is 281 Å². The Hall–Kier alpha value is -10.6. The molecule has 0 fully saturated rings. The molecule has 6 aromatic carbocycles. The van der Waals surface area contributed by atoms with Crippen LogP contribution in [0.4, 0.5) is 0 Å². The Bertz CT molecular complexity index is 4160. The van der Waals surface area contributed by atoms with Crippen LogP contribution in [-0.2, 0) is 19.6 Å². The minimum absolute atomic E-state index is 0.00146. The standard InChI is InChI=1S/2C28H33N5O.C27H32N6O/c1-20(2)26(32(17-7-15-29)28(34)23-13-11-21(3)12-14-23)27-31-24-9-4-5-10-25(24)33(27)19-22-8-6-16-30-18-22;1-20(2)25(32(18-8-16-29)28(34)23-14-12-21(3)13-15-23)27-31-24-11-7-17-30-26(24)33(27)19-22-9-5-4-6-10-22;1-19(2)24(32(15-7-14-28)27(34)22-12-10-20(3)11-13-22)26-31-23-16-29-18-30-25(23)33(26)17-21-8-5-4-6-9-21/h4-6,8-14,16,18,20,26H,7,15,17,19,29H2,1-3H3;4-7,9-15,17,20,25H,8,16,18-19,29H2,1-3H3;4-6,8-13,16,18-19,24H,7,14-15,17,28H2,1-3H3/t26-;25-;24-/m111/s1. The summed E-state index contributed by atoms with van der Waals surface area (Å²) in [5, 5.41) is 0. The molecule has 6 heterocycles. The van der Waals surface area contributed by atoms with Crippen LogP contribution in [0.5, 0.6) is 0 Å². The van der Waals surface area contributed by atoms with E-state index in [1.165, 1.54) is 0 Å². The molecular formula is C83H98N16O3. The number of rotatable bonds is 27. The smallest absolute Gasteiger partial charge is 0.254 e. The van der Waals surface area contributed by atoms with Crippen molar-refractivity contribution < 1.29 is 14.4 Å². The number of aryl methyl sites for hydroxylation is 3. The van der Waals surface area contributed by atoms with Crippen LogP contribution < -0.4 is 17.2 Å². The van der Waals surface area contributed by atoms with E-state index in [0.29, 0.717) is 82.0 Å². The molecule has 6 N–H and O–H groups in total. The number of carbonyl (C=O) groups excluding carboxylic acids is 3. The highest BCUT2D eigenvalue weighted by atomic mass is 16.2. The molecule has 19 heteroatoms. The van der Waals surface area contributed by atoms with Gasteiger partial charge >= 0.3 is 0 Å². The summed E-state index contributed by atoms with van der Waals surface area (Å²) in [5.41, 5.74) is 31.5. The molecule has 6 aromatic heterocycles. The average Bonchev–Trinajstić information content (AvgIpc) is 1.62. The van der Waals surface area contributed by atoms with Crippen LogP contribution in [0, 0.1) is 38.5 Å². The average molecular weight is 1370 g/mol. The maximum absolute atomic E-state index is 13.8. The summed E-state index contributed by atoms with van der Waals surface area (Å²) >= 11 is 0. The van der Waals surface area contributed by atoms with E-state index in [-0.39, 0.29) is 53.6 Å². The zero-order chi connectivity index (χ0) is 72.2. The summed E-state index contributed by atoms with van der Waals surface area (Å²) in [6.45, 7) is 24.0. The van der Waals surface area contributed by atoms with Gasteiger partial charge in [0.15, 0.2) is 11.3 Å². The summed E-state index contributed by atoms with van der Waals surface area (Å²) in [6.07, 6.45) is 10.9. The number of amides is 3. The van der Waals surface area contributed by atoms with Gasteiger partial charge in [0.25, 0.3) is 17.7 Å². The molecular weight excluding hydrogens is 1270 g/mol.